The lowest BCUT2D eigenvalue weighted by Gasteiger charge is -2.23. The molecule has 164 valence electrons. The zero-order valence-electron chi connectivity index (χ0n) is 18.9. The van der Waals surface area contributed by atoms with E-state index in [4.69, 9.17) is 0 Å². The standard InChI is InChI=1S/C26H28N4O2/c1-5-23(25(31)28-17(2)20-12-8-6-9-13-20)29-18(3)22-16-27-30(21-14-10-7-11-15-21)26(32)24(22)19(29)4/h6-17,23H,5H2,1-4H3,(H,28,31). The number of amides is 1. The Bertz CT molecular complexity index is 1310. The largest absolute Gasteiger partial charge is 0.348 e. The van der Waals surface area contributed by atoms with Crippen LogP contribution in [0.4, 0.5) is 0 Å². The van der Waals surface area contributed by atoms with Gasteiger partial charge in [0.25, 0.3) is 5.56 Å². The molecule has 6 heteroatoms. The fourth-order valence-electron chi connectivity index (χ4n) is 4.42. The van der Waals surface area contributed by atoms with Gasteiger partial charge in [0, 0.05) is 16.8 Å². The summed E-state index contributed by atoms with van der Waals surface area (Å²) >= 11 is 0. The predicted molar refractivity (Wildman–Crippen MR) is 127 cm³/mol. The Morgan fingerprint density at radius 3 is 2.25 bits per heavy atom. The molecule has 6 nitrogen and oxygen atoms in total. The highest BCUT2D eigenvalue weighted by Crippen LogP contribution is 2.28. The van der Waals surface area contributed by atoms with E-state index in [1.165, 1.54) is 4.68 Å². The number of hydrogen-bond donors (Lipinski definition) is 1. The van der Waals surface area contributed by atoms with Gasteiger partial charge >= 0.3 is 0 Å². The van der Waals surface area contributed by atoms with E-state index in [0.717, 1.165) is 22.3 Å². The monoisotopic (exact) mass is 428 g/mol. The summed E-state index contributed by atoms with van der Waals surface area (Å²) in [6.45, 7) is 7.82. The minimum absolute atomic E-state index is 0.0632. The molecule has 1 N–H and O–H groups in total. The van der Waals surface area contributed by atoms with Crippen LogP contribution in [0.3, 0.4) is 0 Å². The van der Waals surface area contributed by atoms with Gasteiger partial charge in [-0.1, -0.05) is 55.5 Å². The van der Waals surface area contributed by atoms with Crippen molar-refractivity contribution in [3.8, 4) is 5.69 Å². The number of aryl methyl sites for hydroxylation is 2. The average molecular weight is 429 g/mol. The number of nitrogens with zero attached hydrogens (tertiary/aromatic N) is 3. The Morgan fingerprint density at radius 2 is 1.62 bits per heavy atom. The first-order valence-electron chi connectivity index (χ1n) is 10.9. The molecule has 0 aliphatic carbocycles. The topological polar surface area (TPSA) is 68.9 Å². The van der Waals surface area contributed by atoms with Crippen molar-refractivity contribution in [2.75, 3.05) is 0 Å². The van der Waals surface area contributed by atoms with Crippen molar-refractivity contribution in [2.45, 2.75) is 46.2 Å². The number of para-hydroxylation sites is 1. The molecule has 0 saturated heterocycles. The summed E-state index contributed by atoms with van der Waals surface area (Å²) in [4.78, 5) is 26.6. The average Bonchev–Trinajstić information content (AvgIpc) is 3.06. The molecular formula is C26H28N4O2. The summed E-state index contributed by atoms with van der Waals surface area (Å²) in [6.07, 6.45) is 2.33. The third-order valence-corrected chi connectivity index (χ3v) is 6.11. The second-order valence-electron chi connectivity index (χ2n) is 8.09. The van der Waals surface area contributed by atoms with E-state index in [2.05, 4.69) is 10.4 Å². The number of aromatic nitrogens is 3. The molecule has 2 atom stereocenters. The van der Waals surface area contributed by atoms with Gasteiger partial charge in [-0.25, -0.2) is 0 Å². The van der Waals surface area contributed by atoms with Crippen LogP contribution in [-0.4, -0.2) is 20.3 Å². The van der Waals surface area contributed by atoms with Crippen LogP contribution in [0.5, 0.6) is 0 Å². The Kier molecular flexibility index (Phi) is 5.95. The Labute approximate surface area is 187 Å². The normalized spacial score (nSPS) is 13.1. The van der Waals surface area contributed by atoms with Gasteiger partial charge in [0.05, 0.1) is 23.3 Å². The molecule has 0 spiro atoms. The number of carbonyl (C=O) groups excluding carboxylic acids is 1. The van der Waals surface area contributed by atoms with Gasteiger partial charge in [-0.05, 0) is 44.9 Å². The summed E-state index contributed by atoms with van der Waals surface area (Å²) in [6, 6.07) is 18.7. The molecule has 2 heterocycles. The lowest BCUT2D eigenvalue weighted by molar-refractivity contribution is -0.125. The molecule has 4 rings (SSSR count). The lowest BCUT2D eigenvalue weighted by atomic mass is 10.1. The molecule has 32 heavy (non-hydrogen) atoms. The van der Waals surface area contributed by atoms with Crippen molar-refractivity contribution in [1.82, 2.24) is 19.7 Å². The molecule has 2 unspecified atom stereocenters. The van der Waals surface area contributed by atoms with Gasteiger partial charge < -0.3 is 9.88 Å². The van der Waals surface area contributed by atoms with E-state index in [0.29, 0.717) is 17.5 Å². The van der Waals surface area contributed by atoms with E-state index >= 15 is 0 Å². The number of nitrogens with one attached hydrogen (secondary N) is 1. The second-order valence-corrected chi connectivity index (χ2v) is 8.09. The Hall–Kier alpha value is -3.67. The van der Waals surface area contributed by atoms with Gasteiger partial charge in [-0.2, -0.15) is 9.78 Å². The summed E-state index contributed by atoms with van der Waals surface area (Å²) < 4.78 is 3.40. The third-order valence-electron chi connectivity index (χ3n) is 6.11. The van der Waals surface area contributed by atoms with E-state index in [1.54, 1.807) is 6.20 Å². The fraction of sp³-hybridized carbons (Fsp3) is 0.269. The Balaban J connectivity index is 1.75. The van der Waals surface area contributed by atoms with Crippen LogP contribution in [0, 0.1) is 13.8 Å². The van der Waals surface area contributed by atoms with Crippen molar-refractivity contribution < 1.29 is 4.79 Å². The van der Waals surface area contributed by atoms with Crippen LogP contribution in [-0.2, 0) is 4.79 Å². The van der Waals surface area contributed by atoms with Crippen molar-refractivity contribution >= 4 is 16.7 Å². The number of fused-ring (bicyclic) bond motifs is 1. The zero-order valence-corrected chi connectivity index (χ0v) is 18.9. The van der Waals surface area contributed by atoms with Crippen LogP contribution in [0.25, 0.3) is 16.5 Å². The summed E-state index contributed by atoms with van der Waals surface area (Å²) in [5.41, 5.74) is 3.24. The molecule has 1 amide bonds. The molecule has 0 aliphatic heterocycles. The van der Waals surface area contributed by atoms with Gasteiger partial charge in [0.15, 0.2) is 0 Å². The van der Waals surface area contributed by atoms with Gasteiger partial charge in [0.2, 0.25) is 5.91 Å². The van der Waals surface area contributed by atoms with Crippen LogP contribution in [0.2, 0.25) is 0 Å². The molecule has 0 bridgehead atoms. The smallest absolute Gasteiger partial charge is 0.281 e. The maximum absolute atomic E-state index is 13.3. The molecule has 4 aromatic rings. The molecule has 0 saturated carbocycles. The van der Waals surface area contributed by atoms with E-state index in [9.17, 15) is 9.59 Å². The maximum atomic E-state index is 13.3. The van der Waals surface area contributed by atoms with Crippen molar-refractivity contribution in [3.05, 3.63) is 94.2 Å². The summed E-state index contributed by atoms with van der Waals surface area (Å²) in [7, 11) is 0. The van der Waals surface area contributed by atoms with E-state index in [-0.39, 0.29) is 17.5 Å². The Morgan fingerprint density at radius 1 is 1.00 bits per heavy atom. The molecule has 0 radical (unpaired) electrons. The van der Waals surface area contributed by atoms with Crippen LogP contribution in [0.15, 0.2) is 71.7 Å². The molecule has 0 fully saturated rings. The molecule has 2 aromatic carbocycles. The quantitative estimate of drug-likeness (QED) is 0.487. The number of carbonyl (C=O) groups is 1. The maximum Gasteiger partial charge on any atom is 0.281 e. The molecule has 0 aliphatic rings. The minimum atomic E-state index is -0.418. The molecule has 2 aromatic heterocycles. The van der Waals surface area contributed by atoms with Crippen LogP contribution in [0.1, 0.15) is 49.3 Å². The SMILES string of the molecule is CCC(C(=O)NC(C)c1ccccc1)n1c(C)c2cnn(-c3ccccc3)c(=O)c2c1C. The second kappa shape index (κ2) is 8.83. The van der Waals surface area contributed by atoms with Gasteiger partial charge in [0.1, 0.15) is 6.04 Å². The van der Waals surface area contributed by atoms with E-state index < -0.39 is 6.04 Å². The highest BCUT2D eigenvalue weighted by Gasteiger charge is 2.26. The third kappa shape index (κ3) is 3.73. The summed E-state index contributed by atoms with van der Waals surface area (Å²) in [5.74, 6) is -0.0632. The van der Waals surface area contributed by atoms with Crippen molar-refractivity contribution in [2.24, 2.45) is 0 Å². The van der Waals surface area contributed by atoms with Crippen LogP contribution < -0.4 is 10.9 Å². The number of hydrogen-bond acceptors (Lipinski definition) is 3. The van der Waals surface area contributed by atoms with Crippen molar-refractivity contribution in [1.29, 1.82) is 0 Å². The fourth-order valence-corrected chi connectivity index (χ4v) is 4.42. The van der Waals surface area contributed by atoms with Crippen LogP contribution >= 0.6 is 0 Å². The van der Waals surface area contributed by atoms with E-state index in [1.807, 2.05) is 92.9 Å². The highest BCUT2D eigenvalue weighted by molar-refractivity contribution is 5.89. The summed E-state index contributed by atoms with van der Waals surface area (Å²) in [5, 5.41) is 8.92. The predicted octanol–water partition coefficient (Wildman–Crippen LogP) is 4.63. The first-order chi connectivity index (χ1) is 15.4. The number of benzene rings is 2. The first-order valence-corrected chi connectivity index (χ1v) is 10.9. The zero-order chi connectivity index (χ0) is 22.8. The van der Waals surface area contributed by atoms with Crippen molar-refractivity contribution in [3.63, 3.8) is 0 Å². The highest BCUT2D eigenvalue weighted by atomic mass is 16.2. The lowest BCUT2D eigenvalue weighted by Crippen LogP contribution is -2.35. The number of rotatable bonds is 6. The molecular weight excluding hydrogens is 400 g/mol. The first kappa shape index (κ1) is 21.6. The minimum Gasteiger partial charge on any atom is -0.348 e. The van der Waals surface area contributed by atoms with Gasteiger partial charge in [-0.15, -0.1) is 0 Å². The van der Waals surface area contributed by atoms with Gasteiger partial charge in [-0.3, -0.25) is 9.59 Å².